The van der Waals surface area contributed by atoms with E-state index in [2.05, 4.69) is 24.1 Å². The molecule has 0 atom stereocenters. The zero-order chi connectivity index (χ0) is 22.3. The van der Waals surface area contributed by atoms with Crippen LogP contribution in [-0.2, 0) is 14.3 Å². The molecule has 0 aromatic rings. The van der Waals surface area contributed by atoms with Crippen molar-refractivity contribution in [2.45, 2.75) is 70.8 Å². The van der Waals surface area contributed by atoms with Crippen molar-refractivity contribution in [3.05, 3.63) is 0 Å². The molecule has 8 nitrogen and oxygen atoms in total. The van der Waals surface area contributed by atoms with Gasteiger partial charge in [-0.3, -0.25) is 19.4 Å². The Bertz CT molecular complexity index is 627. The van der Waals surface area contributed by atoms with Crippen molar-refractivity contribution >= 4 is 17.8 Å². The van der Waals surface area contributed by atoms with Gasteiger partial charge in [-0.2, -0.15) is 0 Å². The molecule has 1 spiro atoms. The number of urea groups is 1. The molecule has 0 radical (unpaired) electrons. The van der Waals surface area contributed by atoms with Gasteiger partial charge >= 0.3 is 6.03 Å². The SMILES string of the molecule is CCCCCCN(CCN1CCOCC1)C(=O)CN1C(=O)NC2(CCC(C)CC2)C1=O. The van der Waals surface area contributed by atoms with E-state index < -0.39 is 11.6 Å². The van der Waals surface area contributed by atoms with E-state index in [0.29, 0.717) is 31.8 Å². The van der Waals surface area contributed by atoms with Crippen LogP contribution in [-0.4, -0.2) is 90.6 Å². The van der Waals surface area contributed by atoms with E-state index in [1.54, 1.807) is 0 Å². The summed E-state index contributed by atoms with van der Waals surface area (Å²) in [5.74, 6) is 0.233. The summed E-state index contributed by atoms with van der Waals surface area (Å²) in [4.78, 5) is 44.2. The number of rotatable bonds is 10. The molecule has 176 valence electrons. The predicted octanol–water partition coefficient (Wildman–Crippen LogP) is 2.23. The number of imide groups is 1. The Morgan fingerprint density at radius 3 is 2.52 bits per heavy atom. The van der Waals surface area contributed by atoms with Crippen LogP contribution in [0.15, 0.2) is 0 Å². The lowest BCUT2D eigenvalue weighted by Crippen LogP contribution is -2.50. The molecule has 1 aliphatic carbocycles. The van der Waals surface area contributed by atoms with Crippen LogP contribution in [0, 0.1) is 5.92 Å². The predicted molar refractivity (Wildman–Crippen MR) is 119 cm³/mol. The topological polar surface area (TPSA) is 82.2 Å². The molecular weight excluding hydrogens is 396 g/mol. The first-order chi connectivity index (χ1) is 14.9. The third-order valence-corrected chi connectivity index (χ3v) is 7.09. The van der Waals surface area contributed by atoms with Crippen molar-refractivity contribution in [1.29, 1.82) is 0 Å². The van der Waals surface area contributed by atoms with Gasteiger partial charge in [0.15, 0.2) is 0 Å². The number of nitrogens with one attached hydrogen (secondary N) is 1. The smallest absolute Gasteiger partial charge is 0.325 e. The van der Waals surface area contributed by atoms with Crippen molar-refractivity contribution in [3.63, 3.8) is 0 Å². The molecule has 3 fully saturated rings. The lowest BCUT2D eigenvalue weighted by molar-refractivity contribution is -0.140. The van der Waals surface area contributed by atoms with Gasteiger partial charge in [-0.25, -0.2) is 4.79 Å². The summed E-state index contributed by atoms with van der Waals surface area (Å²) in [6.45, 7) is 9.51. The largest absolute Gasteiger partial charge is 0.379 e. The van der Waals surface area contributed by atoms with Crippen LogP contribution in [0.2, 0.25) is 0 Å². The maximum atomic E-state index is 13.2. The van der Waals surface area contributed by atoms with Crippen molar-refractivity contribution in [2.75, 3.05) is 52.5 Å². The average molecular weight is 437 g/mol. The summed E-state index contributed by atoms with van der Waals surface area (Å²) in [6.07, 6.45) is 7.52. The molecule has 2 saturated heterocycles. The van der Waals surface area contributed by atoms with E-state index >= 15 is 0 Å². The standard InChI is InChI=1S/C23H40N4O4/c1-3-4-5-6-11-26(13-12-25-14-16-31-17-15-25)20(28)18-27-21(29)23(24-22(27)30)9-7-19(2)8-10-23/h19H,3-18H2,1-2H3,(H,24,30). The Labute approximate surface area is 186 Å². The first-order valence-corrected chi connectivity index (χ1v) is 12.2. The first-order valence-electron chi connectivity index (χ1n) is 12.2. The number of nitrogens with zero attached hydrogens (tertiary/aromatic N) is 3. The number of unbranched alkanes of at least 4 members (excludes halogenated alkanes) is 3. The zero-order valence-corrected chi connectivity index (χ0v) is 19.4. The number of morpholine rings is 1. The Morgan fingerprint density at radius 2 is 1.84 bits per heavy atom. The van der Waals surface area contributed by atoms with Crippen molar-refractivity contribution < 1.29 is 19.1 Å². The Kier molecular flexibility index (Phi) is 8.72. The van der Waals surface area contributed by atoms with Gasteiger partial charge < -0.3 is 15.0 Å². The summed E-state index contributed by atoms with van der Waals surface area (Å²) in [5.41, 5.74) is -0.788. The number of carbonyl (C=O) groups excluding carboxylic acids is 3. The van der Waals surface area contributed by atoms with Crippen molar-refractivity contribution in [1.82, 2.24) is 20.0 Å². The maximum Gasteiger partial charge on any atom is 0.325 e. The van der Waals surface area contributed by atoms with Gasteiger partial charge in [-0.1, -0.05) is 33.1 Å². The van der Waals surface area contributed by atoms with Crippen molar-refractivity contribution in [3.8, 4) is 0 Å². The highest BCUT2D eigenvalue weighted by molar-refractivity contribution is 6.09. The molecule has 31 heavy (non-hydrogen) atoms. The normalized spacial score (nSPS) is 27.0. The van der Waals surface area contributed by atoms with Crippen LogP contribution < -0.4 is 5.32 Å². The summed E-state index contributed by atoms with van der Waals surface area (Å²) >= 11 is 0. The minimum atomic E-state index is -0.788. The highest BCUT2D eigenvalue weighted by Gasteiger charge is 2.52. The molecule has 0 aromatic heterocycles. The minimum Gasteiger partial charge on any atom is -0.379 e. The molecule has 2 heterocycles. The van der Waals surface area contributed by atoms with Gasteiger partial charge in [0.1, 0.15) is 12.1 Å². The number of carbonyl (C=O) groups is 3. The van der Waals surface area contributed by atoms with Gasteiger partial charge in [0, 0.05) is 32.7 Å². The Balaban J connectivity index is 1.58. The molecular formula is C23H40N4O4. The molecule has 4 amide bonds. The average Bonchev–Trinajstić information content (AvgIpc) is 3.00. The van der Waals surface area contributed by atoms with Crippen LogP contribution in [0.5, 0.6) is 0 Å². The molecule has 1 N–H and O–H groups in total. The second-order valence-electron chi connectivity index (χ2n) is 9.48. The van der Waals surface area contributed by atoms with Crippen LogP contribution in [0.3, 0.4) is 0 Å². The van der Waals surface area contributed by atoms with Gasteiger partial charge in [0.2, 0.25) is 5.91 Å². The minimum absolute atomic E-state index is 0.130. The number of ether oxygens (including phenoxy) is 1. The van der Waals surface area contributed by atoms with Crippen LogP contribution in [0.4, 0.5) is 4.79 Å². The summed E-state index contributed by atoms with van der Waals surface area (Å²) in [6, 6.07) is -0.410. The van der Waals surface area contributed by atoms with E-state index in [-0.39, 0.29) is 18.4 Å². The fourth-order valence-corrected chi connectivity index (χ4v) is 4.83. The molecule has 8 heteroatoms. The monoisotopic (exact) mass is 436 g/mol. The van der Waals surface area contributed by atoms with Gasteiger partial charge in [-0.15, -0.1) is 0 Å². The lowest BCUT2D eigenvalue weighted by Gasteiger charge is -2.33. The molecule has 1 saturated carbocycles. The number of amides is 4. The maximum absolute atomic E-state index is 13.2. The Morgan fingerprint density at radius 1 is 1.13 bits per heavy atom. The quantitative estimate of drug-likeness (QED) is 0.419. The number of hydrogen-bond donors (Lipinski definition) is 1. The second kappa shape index (κ2) is 11.3. The van der Waals surface area contributed by atoms with Gasteiger partial charge in [0.25, 0.3) is 5.91 Å². The molecule has 2 aliphatic heterocycles. The van der Waals surface area contributed by atoms with Crippen molar-refractivity contribution in [2.24, 2.45) is 5.92 Å². The van der Waals surface area contributed by atoms with E-state index in [9.17, 15) is 14.4 Å². The highest BCUT2D eigenvalue weighted by Crippen LogP contribution is 2.36. The van der Waals surface area contributed by atoms with Crippen LogP contribution >= 0.6 is 0 Å². The fourth-order valence-electron chi connectivity index (χ4n) is 4.83. The third-order valence-electron chi connectivity index (χ3n) is 7.09. The van der Waals surface area contributed by atoms with Gasteiger partial charge in [0.05, 0.1) is 13.2 Å². The van der Waals surface area contributed by atoms with E-state index in [4.69, 9.17) is 4.74 Å². The molecule has 3 aliphatic rings. The number of hydrogen-bond acceptors (Lipinski definition) is 5. The van der Waals surface area contributed by atoms with E-state index in [1.807, 2.05) is 4.90 Å². The molecule has 0 unspecified atom stereocenters. The summed E-state index contributed by atoms with van der Waals surface area (Å²) in [5, 5.41) is 2.92. The highest BCUT2D eigenvalue weighted by atomic mass is 16.5. The van der Waals surface area contributed by atoms with Crippen LogP contribution in [0.1, 0.15) is 65.2 Å². The van der Waals surface area contributed by atoms with E-state index in [0.717, 1.165) is 76.3 Å². The first kappa shape index (κ1) is 24.0. The molecule has 0 bridgehead atoms. The molecule has 3 rings (SSSR count). The third kappa shape index (κ3) is 6.19. The Hall–Kier alpha value is -1.67. The summed E-state index contributed by atoms with van der Waals surface area (Å²) < 4.78 is 5.41. The van der Waals surface area contributed by atoms with Gasteiger partial charge in [-0.05, 0) is 38.0 Å². The summed E-state index contributed by atoms with van der Waals surface area (Å²) in [7, 11) is 0. The second-order valence-corrected chi connectivity index (χ2v) is 9.48. The fraction of sp³-hybridized carbons (Fsp3) is 0.870. The zero-order valence-electron chi connectivity index (χ0n) is 19.4. The van der Waals surface area contributed by atoms with E-state index in [1.165, 1.54) is 0 Å². The van der Waals surface area contributed by atoms with Crippen LogP contribution in [0.25, 0.3) is 0 Å². The lowest BCUT2D eigenvalue weighted by atomic mass is 9.77. The molecule has 0 aromatic carbocycles.